The first-order valence-corrected chi connectivity index (χ1v) is 8.08. The number of halogens is 1. The summed E-state index contributed by atoms with van der Waals surface area (Å²) >= 11 is 2.41. The molecule has 0 spiro atoms. The zero-order chi connectivity index (χ0) is 13.5. The Hall–Kier alpha value is -1.16. The Kier molecular flexibility index (Phi) is 5.58. The number of carbonyl (C=O) groups excluding carboxylic acids is 1. The van der Waals surface area contributed by atoms with E-state index in [1.165, 1.54) is 22.8 Å². The molecule has 0 atom stereocenters. The minimum atomic E-state index is 0.0967. The largest absolute Gasteiger partial charge is 0.289 e. The average Bonchev–Trinajstić information content (AvgIpc) is 2.48. The van der Waals surface area contributed by atoms with E-state index >= 15 is 0 Å². The van der Waals surface area contributed by atoms with Crippen molar-refractivity contribution in [2.75, 3.05) is 4.43 Å². The van der Waals surface area contributed by atoms with Crippen molar-refractivity contribution in [3.8, 4) is 0 Å². The molecule has 0 aliphatic carbocycles. The minimum absolute atomic E-state index is 0.0967. The molecule has 1 nitrogen and oxygen atoms in total. The Balaban J connectivity index is 2.04. The molecule has 0 bridgehead atoms. The molecule has 0 N–H and O–H groups in total. The van der Waals surface area contributed by atoms with Crippen LogP contribution in [-0.4, -0.2) is 10.2 Å². The van der Waals surface area contributed by atoms with Crippen LogP contribution in [0, 0.1) is 0 Å². The van der Waals surface area contributed by atoms with Crippen molar-refractivity contribution in [1.29, 1.82) is 0 Å². The summed E-state index contributed by atoms with van der Waals surface area (Å²) in [6, 6.07) is 17.5. The van der Waals surface area contributed by atoms with E-state index in [0.29, 0.717) is 0 Å². The van der Waals surface area contributed by atoms with Gasteiger partial charge in [0.05, 0.1) is 0 Å². The maximum atomic E-state index is 12.2. The SMILES string of the molecule is O=C(c1ccccc1)c1ccc(CCCCI)cc1. The fourth-order valence-electron chi connectivity index (χ4n) is 2.00. The summed E-state index contributed by atoms with van der Waals surface area (Å²) in [6.07, 6.45) is 3.57. The monoisotopic (exact) mass is 364 g/mol. The quantitative estimate of drug-likeness (QED) is 0.315. The van der Waals surface area contributed by atoms with Gasteiger partial charge < -0.3 is 0 Å². The van der Waals surface area contributed by atoms with Gasteiger partial charge in [-0.15, -0.1) is 0 Å². The first-order chi connectivity index (χ1) is 9.31. The summed E-state index contributed by atoms with van der Waals surface area (Å²) in [5, 5.41) is 0. The van der Waals surface area contributed by atoms with Gasteiger partial charge in [-0.1, -0.05) is 77.2 Å². The third-order valence-corrected chi connectivity index (χ3v) is 3.86. The Labute approximate surface area is 128 Å². The third kappa shape index (κ3) is 4.16. The molecule has 0 radical (unpaired) electrons. The molecule has 2 heteroatoms. The predicted octanol–water partition coefficient (Wildman–Crippen LogP) is 4.68. The summed E-state index contributed by atoms with van der Waals surface area (Å²) in [5.41, 5.74) is 2.83. The number of unbranched alkanes of at least 4 members (excludes halogenated alkanes) is 1. The van der Waals surface area contributed by atoms with E-state index in [4.69, 9.17) is 0 Å². The number of carbonyl (C=O) groups is 1. The Morgan fingerprint density at radius 2 is 1.47 bits per heavy atom. The van der Waals surface area contributed by atoms with Crippen LogP contribution in [0.15, 0.2) is 54.6 Å². The van der Waals surface area contributed by atoms with Crippen molar-refractivity contribution in [3.63, 3.8) is 0 Å². The molecular formula is C17H17IO. The lowest BCUT2D eigenvalue weighted by atomic mass is 10.0. The van der Waals surface area contributed by atoms with Gasteiger partial charge in [-0.25, -0.2) is 0 Å². The number of hydrogen-bond acceptors (Lipinski definition) is 1. The molecule has 0 saturated heterocycles. The van der Waals surface area contributed by atoms with Crippen LogP contribution in [0.1, 0.15) is 34.3 Å². The van der Waals surface area contributed by atoms with E-state index in [1.54, 1.807) is 0 Å². The van der Waals surface area contributed by atoms with Crippen LogP contribution in [0.4, 0.5) is 0 Å². The maximum Gasteiger partial charge on any atom is 0.193 e. The molecule has 0 fully saturated rings. The standard InChI is InChI=1S/C17H17IO/c18-13-5-4-6-14-9-11-16(12-10-14)17(19)15-7-2-1-3-8-15/h1-3,7-12H,4-6,13H2. The highest BCUT2D eigenvalue weighted by Crippen LogP contribution is 2.12. The molecule has 0 aliphatic heterocycles. The van der Waals surface area contributed by atoms with Crippen LogP contribution in [0.5, 0.6) is 0 Å². The lowest BCUT2D eigenvalue weighted by Crippen LogP contribution is -2.01. The number of alkyl halides is 1. The molecule has 19 heavy (non-hydrogen) atoms. The second kappa shape index (κ2) is 7.43. The number of hydrogen-bond donors (Lipinski definition) is 0. The van der Waals surface area contributed by atoms with Gasteiger partial charge in [0.1, 0.15) is 0 Å². The van der Waals surface area contributed by atoms with Gasteiger partial charge in [-0.3, -0.25) is 4.79 Å². The molecule has 0 aliphatic rings. The van der Waals surface area contributed by atoms with Crippen molar-refractivity contribution < 1.29 is 4.79 Å². The number of benzene rings is 2. The maximum absolute atomic E-state index is 12.2. The van der Waals surface area contributed by atoms with Crippen LogP contribution < -0.4 is 0 Å². The van der Waals surface area contributed by atoms with Crippen molar-refractivity contribution in [1.82, 2.24) is 0 Å². The zero-order valence-corrected chi connectivity index (χ0v) is 13.0. The molecule has 2 aromatic rings. The third-order valence-electron chi connectivity index (χ3n) is 3.10. The molecule has 98 valence electrons. The van der Waals surface area contributed by atoms with Gasteiger partial charge in [0.15, 0.2) is 5.78 Å². The number of ketones is 1. The van der Waals surface area contributed by atoms with E-state index < -0.39 is 0 Å². The fraction of sp³-hybridized carbons (Fsp3) is 0.235. The van der Waals surface area contributed by atoms with Gasteiger partial charge in [-0.2, -0.15) is 0 Å². The second-order valence-corrected chi connectivity index (χ2v) is 5.62. The van der Waals surface area contributed by atoms with Crippen LogP contribution in [0.3, 0.4) is 0 Å². The molecule has 0 saturated carbocycles. The number of rotatable bonds is 6. The van der Waals surface area contributed by atoms with E-state index in [9.17, 15) is 4.79 Å². The lowest BCUT2D eigenvalue weighted by Gasteiger charge is -2.04. The van der Waals surface area contributed by atoms with Crippen molar-refractivity contribution >= 4 is 28.4 Å². The zero-order valence-electron chi connectivity index (χ0n) is 10.8. The second-order valence-electron chi connectivity index (χ2n) is 4.54. The highest BCUT2D eigenvalue weighted by molar-refractivity contribution is 14.1. The van der Waals surface area contributed by atoms with Gasteiger partial charge in [0.2, 0.25) is 0 Å². The Morgan fingerprint density at radius 1 is 0.842 bits per heavy atom. The van der Waals surface area contributed by atoms with Gasteiger partial charge in [-0.05, 0) is 29.3 Å². The Morgan fingerprint density at radius 3 is 2.11 bits per heavy atom. The summed E-state index contributed by atoms with van der Waals surface area (Å²) in [4.78, 5) is 12.2. The molecule has 0 amide bonds. The van der Waals surface area contributed by atoms with Crippen LogP contribution in [0.25, 0.3) is 0 Å². The summed E-state index contributed by atoms with van der Waals surface area (Å²) in [7, 11) is 0. The smallest absolute Gasteiger partial charge is 0.193 e. The Bertz CT molecular complexity index is 517. The highest BCUT2D eigenvalue weighted by Gasteiger charge is 2.07. The minimum Gasteiger partial charge on any atom is -0.289 e. The van der Waals surface area contributed by atoms with Gasteiger partial charge in [0.25, 0.3) is 0 Å². The van der Waals surface area contributed by atoms with E-state index in [1.807, 2.05) is 42.5 Å². The molecule has 2 rings (SSSR count). The topological polar surface area (TPSA) is 17.1 Å². The first kappa shape index (κ1) is 14.3. The van der Waals surface area contributed by atoms with Crippen molar-refractivity contribution in [2.24, 2.45) is 0 Å². The average molecular weight is 364 g/mol. The van der Waals surface area contributed by atoms with Gasteiger partial charge >= 0.3 is 0 Å². The van der Waals surface area contributed by atoms with E-state index in [-0.39, 0.29) is 5.78 Å². The summed E-state index contributed by atoms with van der Waals surface area (Å²) in [5.74, 6) is 0.0967. The van der Waals surface area contributed by atoms with Crippen LogP contribution >= 0.6 is 22.6 Å². The first-order valence-electron chi connectivity index (χ1n) is 6.56. The molecule has 0 aromatic heterocycles. The van der Waals surface area contributed by atoms with Crippen LogP contribution in [0.2, 0.25) is 0 Å². The lowest BCUT2D eigenvalue weighted by molar-refractivity contribution is 0.103. The molecular weight excluding hydrogens is 347 g/mol. The highest BCUT2D eigenvalue weighted by atomic mass is 127. The van der Waals surface area contributed by atoms with Crippen molar-refractivity contribution in [2.45, 2.75) is 19.3 Å². The molecule has 0 heterocycles. The summed E-state index contributed by atoms with van der Waals surface area (Å²) < 4.78 is 1.21. The van der Waals surface area contributed by atoms with E-state index in [2.05, 4.69) is 34.7 Å². The predicted molar refractivity (Wildman–Crippen MR) is 88.1 cm³/mol. The fourth-order valence-corrected chi connectivity index (χ4v) is 2.54. The van der Waals surface area contributed by atoms with E-state index in [0.717, 1.165) is 17.5 Å². The molecule has 0 unspecified atom stereocenters. The molecule has 2 aromatic carbocycles. The van der Waals surface area contributed by atoms with Crippen molar-refractivity contribution in [3.05, 3.63) is 71.3 Å². The number of aryl methyl sites for hydroxylation is 1. The van der Waals surface area contributed by atoms with Gasteiger partial charge in [0, 0.05) is 11.1 Å². The van der Waals surface area contributed by atoms with Crippen LogP contribution in [-0.2, 0) is 6.42 Å². The normalized spacial score (nSPS) is 10.4. The summed E-state index contributed by atoms with van der Waals surface area (Å²) in [6.45, 7) is 0.